The molecule has 0 aromatic heterocycles. The minimum absolute atomic E-state index is 0.159. The molecule has 0 amide bonds. The smallest absolute Gasteiger partial charge is 0.316 e. The minimum atomic E-state index is -0.496. The molecule has 0 N–H and O–H groups in total. The number of thioether (sulfide) groups is 1. The van der Waals surface area contributed by atoms with Crippen LogP contribution in [0.15, 0.2) is 23.1 Å². The second kappa shape index (κ2) is 6.12. The van der Waals surface area contributed by atoms with Crippen LogP contribution in [0, 0.1) is 11.3 Å². The highest BCUT2D eigenvalue weighted by atomic mass is 35.5. The summed E-state index contributed by atoms with van der Waals surface area (Å²) in [5, 5.41) is 9.48. The van der Waals surface area contributed by atoms with E-state index in [1.54, 1.807) is 18.2 Å². The van der Waals surface area contributed by atoms with E-state index in [0.29, 0.717) is 15.5 Å². The van der Waals surface area contributed by atoms with Crippen molar-refractivity contribution in [2.75, 3.05) is 5.75 Å². The van der Waals surface area contributed by atoms with Gasteiger partial charge in [-0.05, 0) is 39.0 Å². The number of esters is 1. The number of halogens is 1. The summed E-state index contributed by atoms with van der Waals surface area (Å²) in [6.45, 7) is 5.45. The predicted molar refractivity (Wildman–Crippen MR) is 72.7 cm³/mol. The lowest BCUT2D eigenvalue weighted by Crippen LogP contribution is -2.24. The van der Waals surface area contributed by atoms with Crippen molar-refractivity contribution in [2.24, 2.45) is 0 Å². The fraction of sp³-hybridized carbons (Fsp3) is 0.385. The minimum Gasteiger partial charge on any atom is -0.459 e. The van der Waals surface area contributed by atoms with Gasteiger partial charge in [-0.3, -0.25) is 4.79 Å². The molecular formula is C13H14ClNO2S. The van der Waals surface area contributed by atoms with Crippen LogP contribution in [-0.4, -0.2) is 17.3 Å². The van der Waals surface area contributed by atoms with E-state index in [1.165, 1.54) is 11.8 Å². The number of nitrogens with zero attached hydrogens (tertiary/aromatic N) is 1. The van der Waals surface area contributed by atoms with Crippen LogP contribution in [0.3, 0.4) is 0 Å². The first kappa shape index (κ1) is 14.9. The Hall–Kier alpha value is -1.18. The number of carbonyl (C=O) groups excluding carboxylic acids is 1. The molecule has 5 heteroatoms. The Balaban J connectivity index is 2.67. The zero-order chi connectivity index (χ0) is 13.8. The molecule has 1 aromatic rings. The van der Waals surface area contributed by atoms with Gasteiger partial charge in [-0.25, -0.2) is 0 Å². The summed E-state index contributed by atoms with van der Waals surface area (Å²) in [4.78, 5) is 12.2. The first-order chi connectivity index (χ1) is 8.31. The highest BCUT2D eigenvalue weighted by molar-refractivity contribution is 8.00. The van der Waals surface area contributed by atoms with E-state index in [4.69, 9.17) is 21.6 Å². The maximum absolute atomic E-state index is 11.6. The van der Waals surface area contributed by atoms with Crippen LogP contribution >= 0.6 is 23.4 Å². The largest absolute Gasteiger partial charge is 0.459 e. The molecule has 18 heavy (non-hydrogen) atoms. The highest BCUT2D eigenvalue weighted by Gasteiger charge is 2.16. The van der Waals surface area contributed by atoms with Gasteiger partial charge in [-0.2, -0.15) is 5.26 Å². The zero-order valence-corrected chi connectivity index (χ0v) is 12.1. The molecule has 0 radical (unpaired) electrons. The van der Waals surface area contributed by atoms with Crippen LogP contribution in [0.2, 0.25) is 5.02 Å². The number of nitriles is 1. The average molecular weight is 284 g/mol. The van der Waals surface area contributed by atoms with Gasteiger partial charge in [0.05, 0.1) is 11.3 Å². The first-order valence-corrected chi connectivity index (χ1v) is 6.72. The Bertz CT molecular complexity index is 489. The lowest BCUT2D eigenvalue weighted by atomic mass is 10.2. The zero-order valence-electron chi connectivity index (χ0n) is 10.5. The van der Waals surface area contributed by atoms with Crippen LogP contribution < -0.4 is 0 Å². The fourth-order valence-electron chi connectivity index (χ4n) is 1.22. The quantitative estimate of drug-likeness (QED) is 0.628. The van der Waals surface area contributed by atoms with Crippen LogP contribution in [0.5, 0.6) is 0 Å². The normalized spacial score (nSPS) is 10.8. The molecule has 0 saturated heterocycles. The number of rotatable bonds is 3. The lowest BCUT2D eigenvalue weighted by molar-refractivity contribution is -0.151. The fourth-order valence-corrected chi connectivity index (χ4v) is 2.26. The summed E-state index contributed by atoms with van der Waals surface area (Å²) in [6, 6.07) is 7.03. The number of hydrogen-bond acceptors (Lipinski definition) is 4. The average Bonchev–Trinajstić information content (AvgIpc) is 2.24. The van der Waals surface area contributed by atoms with Gasteiger partial charge in [0.25, 0.3) is 0 Å². The molecule has 0 spiro atoms. The third-order valence-corrected chi connectivity index (χ3v) is 3.09. The van der Waals surface area contributed by atoms with E-state index >= 15 is 0 Å². The molecule has 0 aliphatic heterocycles. The van der Waals surface area contributed by atoms with Crippen molar-refractivity contribution in [3.63, 3.8) is 0 Å². The van der Waals surface area contributed by atoms with Crippen molar-refractivity contribution in [2.45, 2.75) is 31.3 Å². The Labute approximate surface area is 116 Å². The van der Waals surface area contributed by atoms with E-state index in [9.17, 15) is 4.79 Å². The third kappa shape index (κ3) is 4.99. The summed E-state index contributed by atoms with van der Waals surface area (Å²) in [6.07, 6.45) is 0. The maximum atomic E-state index is 11.6. The van der Waals surface area contributed by atoms with E-state index in [-0.39, 0.29) is 11.7 Å². The molecule has 0 atom stereocenters. The molecular weight excluding hydrogens is 270 g/mol. The van der Waals surface area contributed by atoms with Gasteiger partial charge in [-0.15, -0.1) is 11.8 Å². The molecule has 3 nitrogen and oxygen atoms in total. The summed E-state index contributed by atoms with van der Waals surface area (Å²) >= 11 is 7.11. The third-order valence-electron chi connectivity index (χ3n) is 1.83. The van der Waals surface area contributed by atoms with Crippen molar-refractivity contribution >= 4 is 29.3 Å². The molecule has 0 aliphatic rings. The second-order valence-electron chi connectivity index (χ2n) is 4.63. The lowest BCUT2D eigenvalue weighted by Gasteiger charge is -2.19. The number of ether oxygens (including phenoxy) is 1. The van der Waals surface area contributed by atoms with Gasteiger partial charge >= 0.3 is 5.97 Å². The van der Waals surface area contributed by atoms with Crippen LogP contribution in [0.25, 0.3) is 0 Å². The Kier molecular flexibility index (Phi) is 5.06. The standard InChI is InChI=1S/C13H14ClNO2S/c1-13(2,3)17-12(16)8-18-11-6-10(14)5-4-9(11)7-15/h4-6H,8H2,1-3H3. The topological polar surface area (TPSA) is 50.1 Å². The van der Waals surface area contributed by atoms with Gasteiger partial charge in [0.2, 0.25) is 0 Å². The molecule has 0 unspecified atom stereocenters. The van der Waals surface area contributed by atoms with E-state index in [1.807, 2.05) is 20.8 Å². The van der Waals surface area contributed by atoms with Gasteiger partial charge in [0.15, 0.2) is 0 Å². The van der Waals surface area contributed by atoms with Gasteiger partial charge in [-0.1, -0.05) is 11.6 Å². The number of carbonyl (C=O) groups is 1. The van der Waals surface area contributed by atoms with Crippen LogP contribution in [-0.2, 0) is 9.53 Å². The van der Waals surface area contributed by atoms with Crippen molar-refractivity contribution in [3.05, 3.63) is 28.8 Å². The summed E-state index contributed by atoms with van der Waals surface area (Å²) in [5.41, 5.74) is 0.0114. The maximum Gasteiger partial charge on any atom is 0.316 e. The van der Waals surface area contributed by atoms with Crippen molar-refractivity contribution < 1.29 is 9.53 Å². The molecule has 0 saturated carbocycles. The van der Waals surface area contributed by atoms with Crippen LogP contribution in [0.4, 0.5) is 0 Å². The van der Waals surface area contributed by atoms with Crippen molar-refractivity contribution in [3.8, 4) is 6.07 Å². The predicted octanol–water partition coefficient (Wildman–Crippen LogP) is 3.65. The molecule has 96 valence electrons. The summed E-state index contributed by atoms with van der Waals surface area (Å²) in [7, 11) is 0. The molecule has 0 heterocycles. The van der Waals surface area contributed by atoms with Crippen LogP contribution in [0.1, 0.15) is 26.3 Å². The Morgan fingerprint density at radius 2 is 2.17 bits per heavy atom. The SMILES string of the molecule is CC(C)(C)OC(=O)CSc1cc(Cl)ccc1C#N. The molecule has 0 aliphatic carbocycles. The van der Waals surface area contributed by atoms with E-state index in [2.05, 4.69) is 6.07 Å². The number of hydrogen-bond donors (Lipinski definition) is 0. The Morgan fingerprint density at radius 1 is 1.50 bits per heavy atom. The Morgan fingerprint density at radius 3 is 2.72 bits per heavy atom. The molecule has 0 fully saturated rings. The summed E-state index contributed by atoms with van der Waals surface area (Å²) in [5.74, 6) is -0.150. The first-order valence-electron chi connectivity index (χ1n) is 5.36. The second-order valence-corrected chi connectivity index (χ2v) is 6.08. The van der Waals surface area contributed by atoms with E-state index < -0.39 is 5.60 Å². The van der Waals surface area contributed by atoms with Gasteiger partial charge in [0, 0.05) is 9.92 Å². The monoisotopic (exact) mass is 283 g/mol. The van der Waals surface area contributed by atoms with E-state index in [0.717, 1.165) is 0 Å². The molecule has 0 bridgehead atoms. The summed E-state index contributed by atoms with van der Waals surface area (Å²) < 4.78 is 5.19. The van der Waals surface area contributed by atoms with Gasteiger partial charge in [0.1, 0.15) is 11.7 Å². The van der Waals surface area contributed by atoms with Gasteiger partial charge < -0.3 is 4.74 Å². The molecule has 1 rings (SSSR count). The molecule has 1 aromatic carbocycles. The van der Waals surface area contributed by atoms with Crippen molar-refractivity contribution in [1.29, 1.82) is 5.26 Å². The highest BCUT2D eigenvalue weighted by Crippen LogP contribution is 2.26. The number of benzene rings is 1. The van der Waals surface area contributed by atoms with Crippen molar-refractivity contribution in [1.82, 2.24) is 0 Å².